The minimum atomic E-state index is -0.823. The fourth-order valence-corrected chi connectivity index (χ4v) is 4.51. The predicted octanol–water partition coefficient (Wildman–Crippen LogP) is 6.97. The van der Waals surface area contributed by atoms with Crippen molar-refractivity contribution in [2.45, 2.75) is 59.2 Å². The van der Waals surface area contributed by atoms with Crippen molar-refractivity contribution in [1.29, 1.82) is 0 Å². The molecule has 0 radical (unpaired) electrons. The monoisotopic (exact) mass is 472 g/mol. The molecular weight excluding hydrogens is 441 g/mol. The first-order valence-electron chi connectivity index (χ1n) is 11.3. The molecule has 182 valence electrons. The number of benzene rings is 2. The number of hydrogen-bond acceptors (Lipinski definition) is 2. The van der Waals surface area contributed by atoms with Gasteiger partial charge in [0.2, 0.25) is 0 Å². The van der Waals surface area contributed by atoms with Crippen molar-refractivity contribution in [2.24, 2.45) is 14.1 Å². The first-order valence-corrected chi connectivity index (χ1v) is 11.3. The fourth-order valence-electron chi connectivity index (χ4n) is 4.51. The maximum Gasteiger partial charge on any atom is 0.192 e. The molecule has 0 unspecified atom stereocenters. The van der Waals surface area contributed by atoms with Crippen LogP contribution in [0.25, 0.3) is 21.8 Å². The number of ether oxygens (including phenoxy) is 2. The van der Waals surface area contributed by atoms with Gasteiger partial charge in [-0.05, 0) is 65.3 Å². The summed E-state index contributed by atoms with van der Waals surface area (Å²) in [5.41, 5.74) is 1.07. The van der Waals surface area contributed by atoms with Crippen LogP contribution in [0.3, 0.4) is 0 Å². The molecule has 2 heterocycles. The van der Waals surface area contributed by atoms with E-state index in [-0.39, 0.29) is 11.5 Å². The average molecular weight is 473 g/mol. The van der Waals surface area contributed by atoms with E-state index in [1.165, 1.54) is 6.07 Å². The van der Waals surface area contributed by atoms with Gasteiger partial charge in [0, 0.05) is 49.2 Å². The van der Waals surface area contributed by atoms with Crippen molar-refractivity contribution in [1.82, 2.24) is 9.13 Å². The number of hydrogen-bond donors (Lipinski definition) is 0. The van der Waals surface area contributed by atoms with Gasteiger partial charge in [-0.15, -0.1) is 0 Å². The van der Waals surface area contributed by atoms with E-state index < -0.39 is 28.7 Å². The van der Waals surface area contributed by atoms with Gasteiger partial charge in [-0.2, -0.15) is 0 Å². The highest BCUT2D eigenvalue weighted by atomic mass is 19.1. The molecule has 4 nitrogen and oxygen atoms in total. The topological polar surface area (TPSA) is 28.3 Å². The molecule has 0 saturated heterocycles. The quantitative estimate of drug-likeness (QED) is 0.314. The number of halogens is 3. The van der Waals surface area contributed by atoms with Crippen molar-refractivity contribution in [3.63, 3.8) is 0 Å². The summed E-state index contributed by atoms with van der Waals surface area (Å²) in [5, 5.41) is 0.798. The second-order valence-electron chi connectivity index (χ2n) is 10.5. The van der Waals surface area contributed by atoms with E-state index >= 15 is 8.78 Å². The summed E-state index contributed by atoms with van der Waals surface area (Å²) < 4.78 is 60.6. The number of nitrogens with zero attached hydrogens (tertiary/aromatic N) is 2. The molecule has 2 aromatic carbocycles. The summed E-state index contributed by atoms with van der Waals surface area (Å²) >= 11 is 0. The van der Waals surface area contributed by atoms with Gasteiger partial charge in [-0.25, -0.2) is 13.2 Å². The third-order valence-corrected chi connectivity index (χ3v) is 6.08. The molecule has 0 aliphatic heterocycles. The molecule has 0 amide bonds. The van der Waals surface area contributed by atoms with E-state index in [2.05, 4.69) is 0 Å². The molecule has 4 rings (SSSR count). The largest absolute Gasteiger partial charge is 0.484 e. The van der Waals surface area contributed by atoms with E-state index in [9.17, 15) is 4.39 Å². The molecule has 4 aromatic rings. The Hall–Kier alpha value is -3.09. The van der Waals surface area contributed by atoms with Crippen molar-refractivity contribution in [3.05, 3.63) is 59.2 Å². The van der Waals surface area contributed by atoms with Gasteiger partial charge < -0.3 is 18.6 Å². The maximum atomic E-state index is 15.4. The normalized spacial score (nSPS) is 12.7. The number of rotatable bonds is 5. The minimum Gasteiger partial charge on any atom is -0.484 e. The standard InChI is InChI=1S/C27H31F3N2O2/c1-15-20(32(8)19-13-17(28)25(24(30)22(15)19)34-26(2,3)4)14-27(5,6)33-21-10-9-18-16(23(21)29)11-12-31(18)7/h9-13H,14H2,1-8H3. The van der Waals surface area contributed by atoms with E-state index in [0.717, 1.165) is 11.2 Å². The lowest BCUT2D eigenvalue weighted by Gasteiger charge is -2.27. The zero-order valence-electron chi connectivity index (χ0n) is 20.9. The van der Waals surface area contributed by atoms with Crippen LogP contribution in [0, 0.1) is 24.4 Å². The lowest BCUT2D eigenvalue weighted by Crippen LogP contribution is -2.32. The molecule has 0 spiro atoms. The lowest BCUT2D eigenvalue weighted by molar-refractivity contribution is 0.102. The third-order valence-electron chi connectivity index (χ3n) is 6.08. The van der Waals surface area contributed by atoms with Gasteiger partial charge >= 0.3 is 0 Å². The van der Waals surface area contributed by atoms with Crippen LogP contribution in [-0.2, 0) is 20.5 Å². The smallest absolute Gasteiger partial charge is 0.192 e. The van der Waals surface area contributed by atoms with Crippen LogP contribution in [0.1, 0.15) is 45.9 Å². The minimum absolute atomic E-state index is 0.151. The third kappa shape index (κ3) is 4.12. The van der Waals surface area contributed by atoms with Crippen LogP contribution in [0.15, 0.2) is 30.5 Å². The summed E-state index contributed by atoms with van der Waals surface area (Å²) in [6.45, 7) is 10.7. The molecule has 34 heavy (non-hydrogen) atoms. The van der Waals surface area contributed by atoms with E-state index in [4.69, 9.17) is 9.47 Å². The highest BCUT2D eigenvalue weighted by Crippen LogP contribution is 2.38. The van der Waals surface area contributed by atoms with Crippen molar-refractivity contribution in [3.8, 4) is 11.5 Å². The molecule has 0 aliphatic rings. The van der Waals surface area contributed by atoms with Crippen LogP contribution in [0.4, 0.5) is 13.2 Å². The summed E-state index contributed by atoms with van der Waals surface area (Å²) in [5.74, 6) is -2.12. The number of aryl methyl sites for hydroxylation is 3. The lowest BCUT2D eigenvalue weighted by atomic mass is 9.99. The molecule has 0 fully saturated rings. The average Bonchev–Trinajstić information content (AvgIpc) is 3.20. The molecule has 0 N–H and O–H groups in total. The maximum absolute atomic E-state index is 15.4. The Kier molecular flexibility index (Phi) is 5.66. The molecule has 0 atom stereocenters. The van der Waals surface area contributed by atoms with Crippen LogP contribution in [0.2, 0.25) is 0 Å². The van der Waals surface area contributed by atoms with Gasteiger partial charge in [-0.1, -0.05) is 0 Å². The summed E-state index contributed by atoms with van der Waals surface area (Å²) in [6.07, 6.45) is 2.15. The molecule has 0 saturated carbocycles. The van der Waals surface area contributed by atoms with Gasteiger partial charge in [0.15, 0.2) is 29.0 Å². The van der Waals surface area contributed by atoms with Crippen molar-refractivity contribution in [2.75, 3.05) is 0 Å². The molecular formula is C27H31F3N2O2. The number of aromatic nitrogens is 2. The van der Waals surface area contributed by atoms with E-state index in [0.29, 0.717) is 28.3 Å². The Morgan fingerprint density at radius 1 is 0.882 bits per heavy atom. The highest BCUT2D eigenvalue weighted by Gasteiger charge is 2.29. The van der Waals surface area contributed by atoms with Gasteiger partial charge in [0.05, 0.1) is 11.0 Å². The van der Waals surface area contributed by atoms with Crippen molar-refractivity contribution < 1.29 is 22.6 Å². The molecule has 0 bridgehead atoms. The summed E-state index contributed by atoms with van der Waals surface area (Å²) in [4.78, 5) is 0. The van der Waals surface area contributed by atoms with Gasteiger partial charge in [0.25, 0.3) is 0 Å². The Bertz CT molecular complexity index is 1410. The molecule has 0 aliphatic carbocycles. The predicted molar refractivity (Wildman–Crippen MR) is 129 cm³/mol. The SMILES string of the molecule is Cc1c(CC(C)(C)Oc2ccc3c(ccn3C)c2F)n(C)c2cc(F)c(OC(C)(C)C)c(F)c12. The van der Waals surface area contributed by atoms with Crippen LogP contribution < -0.4 is 9.47 Å². The number of fused-ring (bicyclic) bond motifs is 2. The van der Waals surface area contributed by atoms with Gasteiger partial charge in [0.1, 0.15) is 11.2 Å². The molecule has 7 heteroatoms. The van der Waals surface area contributed by atoms with Crippen molar-refractivity contribution >= 4 is 21.8 Å². The summed E-state index contributed by atoms with van der Waals surface area (Å²) in [7, 11) is 3.62. The van der Waals surface area contributed by atoms with Crippen LogP contribution >= 0.6 is 0 Å². The van der Waals surface area contributed by atoms with Gasteiger partial charge in [-0.3, -0.25) is 0 Å². The summed E-state index contributed by atoms with van der Waals surface area (Å²) in [6, 6.07) is 6.46. The Morgan fingerprint density at radius 3 is 2.21 bits per heavy atom. The first kappa shape index (κ1) is 24.0. The fraction of sp³-hybridized carbons (Fsp3) is 0.407. The van der Waals surface area contributed by atoms with Crippen LogP contribution in [-0.4, -0.2) is 20.3 Å². The van der Waals surface area contributed by atoms with E-state index in [1.807, 2.05) is 31.5 Å². The van der Waals surface area contributed by atoms with E-state index in [1.54, 1.807) is 57.6 Å². The second kappa shape index (κ2) is 8.00. The Morgan fingerprint density at radius 2 is 1.56 bits per heavy atom. The first-order chi connectivity index (χ1) is 15.7. The zero-order valence-corrected chi connectivity index (χ0v) is 20.9. The zero-order chi connectivity index (χ0) is 25.2. The highest BCUT2D eigenvalue weighted by molar-refractivity contribution is 5.88. The Balaban J connectivity index is 1.72. The molecule has 2 aromatic heterocycles. The van der Waals surface area contributed by atoms with Crippen LogP contribution in [0.5, 0.6) is 11.5 Å². The Labute approximate surface area is 197 Å². The second-order valence-corrected chi connectivity index (χ2v) is 10.5.